The predicted molar refractivity (Wildman–Crippen MR) is 193 cm³/mol. The van der Waals surface area contributed by atoms with Crippen LogP contribution < -0.4 is 5.32 Å². The third-order valence-electron chi connectivity index (χ3n) is 9.67. The maximum atomic E-state index is 10.9. The number of aliphatic hydroxyl groups excluding tert-OH is 5. The molecule has 0 aromatic heterocycles. The van der Waals surface area contributed by atoms with Crippen LogP contribution in [0.5, 0.6) is 0 Å². The van der Waals surface area contributed by atoms with E-state index in [0.717, 1.165) is 38.5 Å². The zero-order valence-corrected chi connectivity index (χ0v) is 30.6. The summed E-state index contributed by atoms with van der Waals surface area (Å²) >= 11 is 0. The molecule has 0 aromatic carbocycles. The summed E-state index contributed by atoms with van der Waals surface area (Å²) in [4.78, 5) is 0. The molecule has 0 saturated carbocycles. The molecule has 280 valence electrons. The van der Waals surface area contributed by atoms with E-state index in [1.165, 1.54) is 128 Å². The molecule has 1 heterocycles. The first-order valence-corrected chi connectivity index (χ1v) is 20.0. The number of unbranched alkanes of at least 4 members (excludes halogenated alkanes) is 23. The summed E-state index contributed by atoms with van der Waals surface area (Å²) < 4.78 is 11.2. The van der Waals surface area contributed by atoms with Crippen LogP contribution in [0.4, 0.5) is 0 Å². The molecule has 0 spiro atoms. The molecular weight excluding hydrogens is 594 g/mol. The molecule has 2 unspecified atom stereocenters. The molecule has 0 amide bonds. The van der Waals surface area contributed by atoms with Crippen LogP contribution in [-0.4, -0.2) is 75.6 Å². The summed E-state index contributed by atoms with van der Waals surface area (Å²) in [5, 5.41) is 54.2. The van der Waals surface area contributed by atoms with E-state index in [1.807, 2.05) is 0 Å². The van der Waals surface area contributed by atoms with Gasteiger partial charge in [0.2, 0.25) is 6.29 Å². The van der Waals surface area contributed by atoms with Crippen molar-refractivity contribution in [3.63, 3.8) is 0 Å². The van der Waals surface area contributed by atoms with Gasteiger partial charge in [-0.1, -0.05) is 168 Å². The average Bonchev–Trinajstić information content (AvgIpc) is 3.06. The second-order valence-electron chi connectivity index (χ2n) is 14.2. The number of hydrogen-bond donors (Lipinski definition) is 6. The fourth-order valence-electron chi connectivity index (χ4n) is 6.49. The van der Waals surface area contributed by atoms with E-state index in [1.54, 1.807) is 0 Å². The Bertz CT molecular complexity index is 709. The van der Waals surface area contributed by atoms with Gasteiger partial charge in [0, 0.05) is 0 Å². The fraction of sp³-hybridized carbons (Fsp3) is 0.949. The first-order valence-electron chi connectivity index (χ1n) is 20.0. The molecule has 0 aromatic rings. The quantitative estimate of drug-likeness (QED) is 0.0296. The van der Waals surface area contributed by atoms with Crippen LogP contribution >= 0.6 is 0 Å². The zero-order chi connectivity index (χ0) is 34.4. The molecule has 8 nitrogen and oxygen atoms in total. The van der Waals surface area contributed by atoms with Gasteiger partial charge < -0.3 is 35.0 Å². The lowest BCUT2D eigenvalue weighted by atomic mass is 10.0. The monoisotopic (exact) mass is 672 g/mol. The van der Waals surface area contributed by atoms with Gasteiger partial charge in [0.1, 0.15) is 24.2 Å². The molecule has 1 aliphatic rings. The van der Waals surface area contributed by atoms with E-state index in [0.29, 0.717) is 12.8 Å². The standard InChI is InChI=1S/C39H77NO7/c1-3-5-7-9-10-11-12-13-14-15-16-17-18-19-20-21-22-23-24-25-27-29-38(45)40-33(34(42)28-26-8-6-4-2)32-46-39-36(44)30-35(43)37(31-41)47-39/h30,33-35,37-45H,3-29,31-32H2,1-2H3/t33-,34+,35+,37?,38?,39-/m0/s1. The van der Waals surface area contributed by atoms with Crippen molar-refractivity contribution in [3.8, 4) is 0 Å². The van der Waals surface area contributed by atoms with Gasteiger partial charge in [-0.15, -0.1) is 0 Å². The number of nitrogens with one attached hydrogen (secondary N) is 1. The lowest BCUT2D eigenvalue weighted by molar-refractivity contribution is -0.205. The first-order chi connectivity index (χ1) is 22.9. The second kappa shape index (κ2) is 31.3. The van der Waals surface area contributed by atoms with E-state index in [-0.39, 0.29) is 12.4 Å². The Balaban J connectivity index is 2.11. The van der Waals surface area contributed by atoms with Gasteiger partial charge in [-0.3, -0.25) is 5.32 Å². The highest BCUT2D eigenvalue weighted by Gasteiger charge is 2.32. The smallest absolute Gasteiger partial charge is 0.216 e. The Morgan fingerprint density at radius 2 is 1.06 bits per heavy atom. The van der Waals surface area contributed by atoms with Gasteiger partial charge >= 0.3 is 0 Å². The minimum Gasteiger partial charge on any atom is -0.507 e. The van der Waals surface area contributed by atoms with E-state index in [9.17, 15) is 25.5 Å². The molecule has 8 heteroatoms. The third-order valence-corrected chi connectivity index (χ3v) is 9.67. The van der Waals surface area contributed by atoms with E-state index in [2.05, 4.69) is 19.2 Å². The van der Waals surface area contributed by atoms with Crippen LogP contribution in [0.1, 0.15) is 187 Å². The number of aliphatic hydroxyl groups is 5. The zero-order valence-electron chi connectivity index (χ0n) is 30.6. The van der Waals surface area contributed by atoms with Gasteiger partial charge in [-0.2, -0.15) is 0 Å². The van der Waals surface area contributed by atoms with Crippen molar-refractivity contribution in [2.75, 3.05) is 13.2 Å². The van der Waals surface area contributed by atoms with Crippen molar-refractivity contribution in [2.45, 2.75) is 224 Å². The molecule has 0 bridgehead atoms. The predicted octanol–water partition coefficient (Wildman–Crippen LogP) is 8.73. The fourth-order valence-corrected chi connectivity index (χ4v) is 6.49. The Kier molecular flexibility index (Phi) is 29.4. The maximum Gasteiger partial charge on any atom is 0.216 e. The number of hydrogen-bond acceptors (Lipinski definition) is 8. The van der Waals surface area contributed by atoms with E-state index < -0.39 is 43.5 Å². The molecule has 0 fully saturated rings. The maximum absolute atomic E-state index is 10.9. The van der Waals surface area contributed by atoms with E-state index >= 15 is 0 Å². The van der Waals surface area contributed by atoms with Crippen molar-refractivity contribution < 1.29 is 35.0 Å². The molecule has 0 saturated heterocycles. The Hall–Kier alpha value is -0.740. The summed E-state index contributed by atoms with van der Waals surface area (Å²) in [6.45, 7) is 4.02. The van der Waals surface area contributed by atoms with Gasteiger partial charge in [0.15, 0.2) is 0 Å². The van der Waals surface area contributed by atoms with Gasteiger partial charge in [0.05, 0.1) is 25.4 Å². The molecule has 1 rings (SSSR count). The first kappa shape index (κ1) is 44.3. The molecular formula is C39H77NO7. The molecule has 0 radical (unpaired) electrons. The normalized spacial score (nSPS) is 20.3. The lowest BCUT2D eigenvalue weighted by Gasteiger charge is -2.32. The minimum absolute atomic E-state index is 0.00211. The second-order valence-corrected chi connectivity index (χ2v) is 14.2. The number of ether oxygens (including phenoxy) is 2. The molecule has 6 atom stereocenters. The van der Waals surface area contributed by atoms with Crippen LogP contribution in [-0.2, 0) is 9.47 Å². The highest BCUT2D eigenvalue weighted by Crippen LogP contribution is 2.21. The van der Waals surface area contributed by atoms with Crippen LogP contribution in [0.25, 0.3) is 0 Å². The van der Waals surface area contributed by atoms with Gasteiger partial charge in [0.25, 0.3) is 0 Å². The molecule has 1 aliphatic heterocycles. The van der Waals surface area contributed by atoms with Crippen molar-refractivity contribution in [2.24, 2.45) is 0 Å². The Labute approximate surface area is 289 Å². The topological polar surface area (TPSA) is 132 Å². The highest BCUT2D eigenvalue weighted by atomic mass is 16.7. The van der Waals surface area contributed by atoms with Crippen LogP contribution in [0, 0.1) is 0 Å². The number of rotatable bonds is 34. The SMILES string of the molecule is CCCCCCCCCCCCCCCCCCCCCCCC(O)N[C@@H](CO[C@H]1OC(CO)[C@H](O)C=C1O)[C@H](O)CCCCCC. The van der Waals surface area contributed by atoms with Crippen LogP contribution in [0.3, 0.4) is 0 Å². The van der Waals surface area contributed by atoms with Crippen molar-refractivity contribution in [3.05, 3.63) is 11.8 Å². The highest BCUT2D eigenvalue weighted by molar-refractivity contribution is 5.05. The Morgan fingerprint density at radius 3 is 1.51 bits per heavy atom. The van der Waals surface area contributed by atoms with E-state index in [4.69, 9.17) is 9.47 Å². The van der Waals surface area contributed by atoms with Crippen molar-refractivity contribution >= 4 is 0 Å². The van der Waals surface area contributed by atoms with Crippen LogP contribution in [0.2, 0.25) is 0 Å². The van der Waals surface area contributed by atoms with Crippen LogP contribution in [0.15, 0.2) is 11.8 Å². The summed E-state index contributed by atoms with van der Waals surface area (Å²) in [7, 11) is 0. The average molecular weight is 672 g/mol. The minimum atomic E-state index is -1.14. The summed E-state index contributed by atoms with van der Waals surface area (Å²) in [6, 6.07) is -0.544. The largest absolute Gasteiger partial charge is 0.507 e. The lowest BCUT2D eigenvalue weighted by Crippen LogP contribution is -2.50. The molecule has 6 N–H and O–H groups in total. The summed E-state index contributed by atoms with van der Waals surface area (Å²) in [5.74, 6) is -0.265. The van der Waals surface area contributed by atoms with Gasteiger partial charge in [-0.25, -0.2) is 0 Å². The summed E-state index contributed by atoms with van der Waals surface area (Å²) in [5.41, 5.74) is 0. The van der Waals surface area contributed by atoms with Gasteiger partial charge in [-0.05, 0) is 25.3 Å². The summed E-state index contributed by atoms with van der Waals surface area (Å²) in [6.07, 6.45) is 30.1. The Morgan fingerprint density at radius 1 is 0.660 bits per heavy atom. The van der Waals surface area contributed by atoms with Crippen molar-refractivity contribution in [1.82, 2.24) is 5.32 Å². The molecule has 0 aliphatic carbocycles. The molecule has 47 heavy (non-hydrogen) atoms. The third kappa shape index (κ3) is 24.1. The van der Waals surface area contributed by atoms with Crippen molar-refractivity contribution in [1.29, 1.82) is 0 Å².